The summed E-state index contributed by atoms with van der Waals surface area (Å²) >= 11 is 0. The Bertz CT molecular complexity index is 741. The Morgan fingerprint density at radius 3 is 2.70 bits per heavy atom. The van der Waals surface area contributed by atoms with Crippen molar-refractivity contribution in [2.24, 2.45) is 0 Å². The van der Waals surface area contributed by atoms with Crippen LogP contribution in [0.2, 0.25) is 0 Å². The predicted octanol–water partition coefficient (Wildman–Crippen LogP) is -1.40. The number of aromatic carboxylic acids is 1. The van der Waals surface area contributed by atoms with Crippen molar-refractivity contribution in [1.29, 1.82) is 0 Å². The molecule has 0 aliphatic carbocycles. The lowest BCUT2D eigenvalue weighted by Gasteiger charge is -1.92. The summed E-state index contributed by atoms with van der Waals surface area (Å²) in [6.07, 6.45) is 3.91. The summed E-state index contributed by atoms with van der Waals surface area (Å²) < 4.78 is 2.00. The van der Waals surface area contributed by atoms with Crippen molar-refractivity contribution in [2.75, 3.05) is 0 Å². The van der Waals surface area contributed by atoms with E-state index < -0.39 is 5.97 Å². The van der Waals surface area contributed by atoms with E-state index in [0.717, 1.165) is 16.9 Å². The summed E-state index contributed by atoms with van der Waals surface area (Å²) in [4.78, 5) is 18.5. The van der Waals surface area contributed by atoms with Gasteiger partial charge in [0.2, 0.25) is 6.54 Å². The topological polar surface area (TPSA) is 69.9 Å². The molecule has 20 heavy (non-hydrogen) atoms. The Kier molecular flexibility index (Phi) is 4.00. The molecule has 0 unspecified atom stereocenters. The number of hydrogen-bond acceptors (Lipinski definition) is 2. The van der Waals surface area contributed by atoms with E-state index in [1.165, 1.54) is 0 Å². The molecule has 1 aromatic carbocycles. The van der Waals surface area contributed by atoms with Crippen LogP contribution < -0.4 is 17.0 Å². The number of imidazole rings is 1. The van der Waals surface area contributed by atoms with E-state index in [4.69, 9.17) is 5.11 Å². The zero-order chi connectivity index (χ0) is 13.2. The van der Waals surface area contributed by atoms with E-state index in [1.807, 2.05) is 35.2 Å². The highest BCUT2D eigenvalue weighted by Crippen LogP contribution is 2.13. The number of fused-ring (bicyclic) bond motifs is 1. The van der Waals surface area contributed by atoms with Gasteiger partial charge in [-0.1, -0.05) is 6.07 Å². The summed E-state index contributed by atoms with van der Waals surface area (Å²) in [5.74, 6) is -0.135. The first-order valence-electron chi connectivity index (χ1n) is 5.88. The summed E-state index contributed by atoms with van der Waals surface area (Å²) in [6.45, 7) is 0.623. The van der Waals surface area contributed by atoms with Gasteiger partial charge in [-0.15, -0.1) is 0 Å². The molecule has 0 atom stereocenters. The minimum Gasteiger partial charge on any atom is -1.00 e. The standard InChI is InChI=1S/C14H11N3O2.ClH/c18-14(19)10-4-5-11-12(8-10)16-13(15-11)9-17-6-2-1-3-7-17;/h1-8H,9H2,(H-,15,16,18,19);1H. The number of carbonyl (C=O) groups is 1. The van der Waals surface area contributed by atoms with Crippen LogP contribution in [0.3, 0.4) is 0 Å². The maximum Gasteiger partial charge on any atom is 0.335 e. The van der Waals surface area contributed by atoms with Crippen LogP contribution in [0, 0.1) is 0 Å². The fourth-order valence-corrected chi connectivity index (χ4v) is 1.98. The van der Waals surface area contributed by atoms with Crippen LogP contribution in [-0.2, 0) is 6.54 Å². The first kappa shape index (κ1) is 14.0. The second-order valence-electron chi connectivity index (χ2n) is 4.27. The van der Waals surface area contributed by atoms with Crippen molar-refractivity contribution < 1.29 is 26.9 Å². The van der Waals surface area contributed by atoms with Crippen LogP contribution in [0.15, 0.2) is 48.8 Å². The maximum atomic E-state index is 10.9. The van der Waals surface area contributed by atoms with Crippen molar-refractivity contribution >= 4 is 17.0 Å². The molecule has 0 aliphatic rings. The number of H-pyrrole nitrogens is 1. The number of aromatic nitrogens is 3. The van der Waals surface area contributed by atoms with Crippen LogP contribution >= 0.6 is 0 Å². The highest BCUT2D eigenvalue weighted by atomic mass is 35.5. The number of benzene rings is 1. The summed E-state index contributed by atoms with van der Waals surface area (Å²) in [5.41, 5.74) is 1.78. The zero-order valence-electron chi connectivity index (χ0n) is 10.5. The fourth-order valence-electron chi connectivity index (χ4n) is 1.98. The molecule has 0 aliphatic heterocycles. The summed E-state index contributed by atoms with van der Waals surface area (Å²) in [7, 11) is 0. The molecule has 0 bridgehead atoms. The van der Waals surface area contributed by atoms with Gasteiger partial charge >= 0.3 is 5.97 Å². The van der Waals surface area contributed by atoms with Gasteiger partial charge in [0.15, 0.2) is 18.2 Å². The number of carboxylic acid groups (broad SMARTS) is 1. The second-order valence-corrected chi connectivity index (χ2v) is 4.27. The van der Waals surface area contributed by atoms with Gasteiger partial charge < -0.3 is 22.5 Å². The number of pyridine rings is 1. The molecule has 2 N–H and O–H groups in total. The minimum atomic E-state index is -0.935. The lowest BCUT2D eigenvalue weighted by Crippen LogP contribution is -3.00. The first-order chi connectivity index (χ1) is 9.22. The molecule has 2 aromatic heterocycles. The number of aromatic amines is 1. The van der Waals surface area contributed by atoms with Crippen LogP contribution in [0.25, 0.3) is 11.0 Å². The van der Waals surface area contributed by atoms with Gasteiger partial charge in [-0.05, 0) is 18.2 Å². The van der Waals surface area contributed by atoms with Crippen LogP contribution in [0.5, 0.6) is 0 Å². The van der Waals surface area contributed by atoms with Gasteiger partial charge in [-0.2, -0.15) is 4.57 Å². The molecule has 0 amide bonds. The SMILES string of the molecule is O=C(O)c1ccc2nc(C[n+]3ccccc3)[nH]c2c1.[Cl-]. The molecule has 2 heterocycles. The molecule has 0 saturated carbocycles. The molecular weight excluding hydrogens is 278 g/mol. The lowest BCUT2D eigenvalue weighted by molar-refractivity contribution is -0.689. The summed E-state index contributed by atoms with van der Waals surface area (Å²) in [6, 6.07) is 10.7. The number of hydrogen-bond donors (Lipinski definition) is 2. The van der Waals surface area contributed by atoms with Gasteiger partial charge in [0.05, 0.1) is 16.6 Å². The van der Waals surface area contributed by atoms with Crippen LogP contribution in [-0.4, -0.2) is 21.0 Å². The quantitative estimate of drug-likeness (QED) is 0.583. The monoisotopic (exact) mass is 289 g/mol. The van der Waals surface area contributed by atoms with Gasteiger partial charge in [-0.25, -0.2) is 9.78 Å². The van der Waals surface area contributed by atoms with Crippen molar-refractivity contribution in [3.8, 4) is 0 Å². The van der Waals surface area contributed by atoms with E-state index in [0.29, 0.717) is 6.54 Å². The van der Waals surface area contributed by atoms with Crippen molar-refractivity contribution in [1.82, 2.24) is 9.97 Å². The Balaban J connectivity index is 0.00000147. The number of nitrogens with one attached hydrogen (secondary N) is 1. The number of carboxylic acids is 1. The Morgan fingerprint density at radius 1 is 1.25 bits per heavy atom. The Labute approximate surface area is 121 Å². The number of halogens is 1. The van der Waals surface area contributed by atoms with Crippen molar-refractivity contribution in [3.63, 3.8) is 0 Å². The van der Waals surface area contributed by atoms with E-state index in [1.54, 1.807) is 18.2 Å². The largest absolute Gasteiger partial charge is 1.00 e. The van der Waals surface area contributed by atoms with Crippen LogP contribution in [0.1, 0.15) is 16.2 Å². The normalized spacial score (nSPS) is 10.2. The summed E-state index contributed by atoms with van der Waals surface area (Å²) in [5, 5.41) is 8.95. The third kappa shape index (κ3) is 2.78. The highest BCUT2D eigenvalue weighted by molar-refractivity contribution is 5.92. The molecule has 6 heteroatoms. The minimum absolute atomic E-state index is 0. The second kappa shape index (κ2) is 5.71. The third-order valence-corrected chi connectivity index (χ3v) is 2.89. The average Bonchev–Trinajstić information content (AvgIpc) is 2.80. The molecule has 0 saturated heterocycles. The lowest BCUT2D eigenvalue weighted by atomic mass is 10.2. The molecule has 5 nitrogen and oxygen atoms in total. The van der Waals surface area contributed by atoms with Gasteiger partial charge in [0.25, 0.3) is 0 Å². The van der Waals surface area contributed by atoms with Crippen LogP contribution in [0.4, 0.5) is 0 Å². The van der Waals surface area contributed by atoms with Crippen molar-refractivity contribution in [2.45, 2.75) is 6.54 Å². The van der Waals surface area contributed by atoms with E-state index in [2.05, 4.69) is 9.97 Å². The van der Waals surface area contributed by atoms with Gasteiger partial charge in [0.1, 0.15) is 0 Å². The number of rotatable bonds is 3. The van der Waals surface area contributed by atoms with Crippen molar-refractivity contribution in [3.05, 3.63) is 60.2 Å². The molecule has 0 radical (unpaired) electrons. The van der Waals surface area contributed by atoms with E-state index >= 15 is 0 Å². The van der Waals surface area contributed by atoms with E-state index in [-0.39, 0.29) is 18.0 Å². The van der Waals surface area contributed by atoms with Gasteiger partial charge in [-0.3, -0.25) is 0 Å². The first-order valence-corrected chi connectivity index (χ1v) is 5.88. The molecular formula is C14H12ClN3O2. The van der Waals surface area contributed by atoms with Gasteiger partial charge in [0, 0.05) is 12.1 Å². The predicted molar refractivity (Wildman–Crippen MR) is 68.8 cm³/mol. The fraction of sp³-hybridized carbons (Fsp3) is 0.0714. The molecule has 0 fully saturated rings. The molecule has 0 spiro atoms. The smallest absolute Gasteiger partial charge is 0.335 e. The molecule has 3 rings (SSSR count). The molecule has 102 valence electrons. The Morgan fingerprint density at radius 2 is 2.00 bits per heavy atom. The highest BCUT2D eigenvalue weighted by Gasteiger charge is 2.10. The maximum absolute atomic E-state index is 10.9. The zero-order valence-corrected chi connectivity index (χ0v) is 11.2. The average molecular weight is 290 g/mol. The number of nitrogens with zero attached hydrogens (tertiary/aromatic N) is 2. The molecule has 3 aromatic rings. The Hall–Kier alpha value is -2.40. The third-order valence-electron chi connectivity index (χ3n) is 2.89. The van der Waals surface area contributed by atoms with E-state index in [9.17, 15) is 4.79 Å².